The summed E-state index contributed by atoms with van der Waals surface area (Å²) in [4.78, 5) is 22.6. The summed E-state index contributed by atoms with van der Waals surface area (Å²) in [5.74, 6) is 0.822. The van der Waals surface area contributed by atoms with Gasteiger partial charge in [0.15, 0.2) is 5.96 Å². The molecule has 1 aliphatic heterocycles. The molecule has 7 heteroatoms. The molecule has 1 aromatic heterocycles. The third kappa shape index (κ3) is 5.34. The minimum Gasteiger partial charge on any atom is -0.466 e. The molecule has 0 saturated carbocycles. The van der Waals surface area contributed by atoms with E-state index in [9.17, 15) is 4.79 Å². The first-order valence-corrected chi connectivity index (χ1v) is 9.85. The topological polar surface area (TPSA) is 71.8 Å². The van der Waals surface area contributed by atoms with Gasteiger partial charge in [-0.05, 0) is 30.9 Å². The van der Waals surface area contributed by atoms with Crippen molar-refractivity contribution in [2.24, 2.45) is 10.9 Å². The lowest BCUT2D eigenvalue weighted by atomic mass is 9.97. The Labute approximate surface area is 166 Å². The lowest BCUT2D eigenvalue weighted by molar-refractivity contribution is -0.149. The van der Waals surface area contributed by atoms with Gasteiger partial charge in [0.05, 0.1) is 18.9 Å². The Kier molecular flexibility index (Phi) is 7.06. The number of aromatic nitrogens is 2. The van der Waals surface area contributed by atoms with Crippen molar-refractivity contribution >= 4 is 11.9 Å². The fourth-order valence-corrected chi connectivity index (χ4v) is 3.45. The molecule has 7 nitrogen and oxygen atoms in total. The average molecular weight is 383 g/mol. The molecule has 3 rings (SSSR count). The van der Waals surface area contributed by atoms with Crippen molar-refractivity contribution < 1.29 is 9.53 Å². The number of ether oxygens (including phenoxy) is 1. The Bertz CT molecular complexity index is 763. The molecular formula is C21H29N5O2. The second kappa shape index (κ2) is 9.92. The van der Waals surface area contributed by atoms with Crippen LogP contribution in [-0.2, 0) is 22.6 Å². The van der Waals surface area contributed by atoms with Crippen molar-refractivity contribution in [3.8, 4) is 0 Å². The Morgan fingerprint density at radius 2 is 1.96 bits per heavy atom. The number of benzene rings is 1. The number of likely N-dealkylation sites (tertiary alicyclic amines) is 1. The van der Waals surface area contributed by atoms with Crippen LogP contribution in [0.3, 0.4) is 0 Å². The number of carbonyl (C=O) groups is 1. The number of aliphatic imine (C=N–C) groups is 1. The van der Waals surface area contributed by atoms with Crippen LogP contribution in [0.5, 0.6) is 0 Å². The number of rotatable bonds is 6. The van der Waals surface area contributed by atoms with Gasteiger partial charge in [0.1, 0.15) is 0 Å². The van der Waals surface area contributed by atoms with Crippen LogP contribution in [-0.4, -0.2) is 53.1 Å². The number of piperidine rings is 1. The molecule has 1 fully saturated rings. The van der Waals surface area contributed by atoms with Crippen molar-refractivity contribution in [1.82, 2.24) is 19.8 Å². The molecule has 0 bridgehead atoms. The largest absolute Gasteiger partial charge is 0.466 e. The van der Waals surface area contributed by atoms with Crippen LogP contribution in [0.4, 0.5) is 0 Å². The minimum absolute atomic E-state index is 0.0114. The van der Waals surface area contributed by atoms with E-state index in [2.05, 4.69) is 49.0 Å². The normalized spacial score (nSPS) is 15.5. The predicted octanol–water partition coefficient (Wildman–Crippen LogP) is 2.28. The van der Waals surface area contributed by atoms with Crippen LogP contribution in [0.2, 0.25) is 0 Å². The molecular weight excluding hydrogens is 354 g/mol. The Hall–Kier alpha value is -2.83. The monoisotopic (exact) mass is 383 g/mol. The zero-order valence-corrected chi connectivity index (χ0v) is 16.7. The van der Waals surface area contributed by atoms with Crippen molar-refractivity contribution in [2.75, 3.05) is 26.7 Å². The summed E-state index contributed by atoms with van der Waals surface area (Å²) in [6.07, 6.45) is 7.19. The summed E-state index contributed by atoms with van der Waals surface area (Å²) in [5.41, 5.74) is 2.45. The van der Waals surface area contributed by atoms with Crippen LogP contribution in [0.1, 0.15) is 30.9 Å². The van der Waals surface area contributed by atoms with Crippen molar-refractivity contribution in [3.63, 3.8) is 0 Å². The molecule has 28 heavy (non-hydrogen) atoms. The van der Waals surface area contributed by atoms with Gasteiger partial charge in [0.2, 0.25) is 0 Å². The highest BCUT2D eigenvalue weighted by Gasteiger charge is 2.27. The van der Waals surface area contributed by atoms with Crippen molar-refractivity contribution in [3.05, 3.63) is 54.1 Å². The summed E-state index contributed by atoms with van der Waals surface area (Å²) >= 11 is 0. The van der Waals surface area contributed by atoms with E-state index in [0.717, 1.165) is 45.0 Å². The van der Waals surface area contributed by atoms with Crippen molar-refractivity contribution in [1.29, 1.82) is 0 Å². The van der Waals surface area contributed by atoms with Crippen LogP contribution in [0.25, 0.3) is 0 Å². The maximum absolute atomic E-state index is 11.9. The van der Waals surface area contributed by atoms with Gasteiger partial charge < -0.3 is 19.5 Å². The molecule has 0 amide bonds. The molecule has 1 N–H and O–H groups in total. The van der Waals surface area contributed by atoms with Crippen LogP contribution in [0, 0.1) is 5.92 Å². The lowest BCUT2D eigenvalue weighted by Gasteiger charge is -2.33. The first kappa shape index (κ1) is 19.9. The third-order valence-corrected chi connectivity index (χ3v) is 5.02. The molecule has 1 aliphatic rings. The number of guanidine groups is 1. The zero-order valence-electron chi connectivity index (χ0n) is 16.7. The molecule has 1 aromatic carbocycles. The SMILES string of the molecule is CCOC(=O)C1CCN(C(=NC)NCc2ccc(Cn3ccnc3)cc2)CC1. The van der Waals surface area contributed by atoms with E-state index in [1.807, 2.05) is 19.4 Å². The molecule has 0 spiro atoms. The van der Waals surface area contributed by atoms with E-state index in [1.165, 1.54) is 11.1 Å². The Balaban J connectivity index is 1.47. The molecule has 1 saturated heterocycles. The number of imidazole rings is 1. The highest BCUT2D eigenvalue weighted by atomic mass is 16.5. The lowest BCUT2D eigenvalue weighted by Crippen LogP contribution is -2.46. The first-order chi connectivity index (χ1) is 13.7. The number of nitrogens with one attached hydrogen (secondary N) is 1. The summed E-state index contributed by atoms with van der Waals surface area (Å²) in [6, 6.07) is 8.56. The summed E-state index contributed by atoms with van der Waals surface area (Å²) in [7, 11) is 1.80. The highest BCUT2D eigenvalue weighted by Crippen LogP contribution is 2.19. The van der Waals surface area contributed by atoms with Gasteiger partial charge in [-0.1, -0.05) is 24.3 Å². The van der Waals surface area contributed by atoms with Crippen LogP contribution in [0.15, 0.2) is 48.0 Å². The van der Waals surface area contributed by atoms with E-state index in [-0.39, 0.29) is 11.9 Å². The average Bonchev–Trinajstić information content (AvgIpc) is 3.23. The van der Waals surface area contributed by atoms with Gasteiger partial charge in [0, 0.05) is 45.6 Å². The fraction of sp³-hybridized carbons (Fsp3) is 0.476. The second-order valence-electron chi connectivity index (χ2n) is 6.97. The van der Waals surface area contributed by atoms with E-state index < -0.39 is 0 Å². The third-order valence-electron chi connectivity index (χ3n) is 5.02. The van der Waals surface area contributed by atoms with Crippen LogP contribution >= 0.6 is 0 Å². The van der Waals surface area contributed by atoms with Gasteiger partial charge in [-0.2, -0.15) is 0 Å². The first-order valence-electron chi connectivity index (χ1n) is 9.85. The standard InChI is InChI=1S/C21H29N5O2/c1-3-28-20(27)19-8-11-26(12-9-19)21(22-2)24-14-17-4-6-18(7-5-17)15-25-13-10-23-16-25/h4-7,10,13,16,19H,3,8-9,11-12,14-15H2,1-2H3,(H,22,24). The minimum atomic E-state index is -0.0686. The van der Waals surface area contributed by atoms with E-state index >= 15 is 0 Å². The molecule has 150 valence electrons. The quantitative estimate of drug-likeness (QED) is 0.471. The maximum Gasteiger partial charge on any atom is 0.309 e. The number of esters is 1. The van der Waals surface area contributed by atoms with Gasteiger partial charge in [-0.3, -0.25) is 9.79 Å². The predicted molar refractivity (Wildman–Crippen MR) is 109 cm³/mol. The molecule has 0 aliphatic carbocycles. The zero-order chi connectivity index (χ0) is 19.8. The molecule has 2 aromatic rings. The molecule has 2 heterocycles. The summed E-state index contributed by atoms with van der Waals surface area (Å²) < 4.78 is 7.19. The Morgan fingerprint density at radius 1 is 1.25 bits per heavy atom. The van der Waals surface area contributed by atoms with Gasteiger partial charge in [0.25, 0.3) is 0 Å². The van der Waals surface area contributed by atoms with E-state index in [4.69, 9.17) is 4.74 Å². The fourth-order valence-electron chi connectivity index (χ4n) is 3.45. The van der Waals surface area contributed by atoms with Gasteiger partial charge >= 0.3 is 5.97 Å². The van der Waals surface area contributed by atoms with Crippen molar-refractivity contribution in [2.45, 2.75) is 32.9 Å². The van der Waals surface area contributed by atoms with Crippen LogP contribution < -0.4 is 5.32 Å². The maximum atomic E-state index is 11.9. The summed E-state index contributed by atoms with van der Waals surface area (Å²) in [6.45, 7) is 5.47. The number of hydrogen-bond acceptors (Lipinski definition) is 4. The second-order valence-corrected chi connectivity index (χ2v) is 6.97. The number of carbonyl (C=O) groups excluding carboxylic acids is 1. The highest BCUT2D eigenvalue weighted by molar-refractivity contribution is 5.80. The van der Waals surface area contributed by atoms with Gasteiger partial charge in [-0.15, -0.1) is 0 Å². The smallest absolute Gasteiger partial charge is 0.309 e. The van der Waals surface area contributed by atoms with E-state index in [1.54, 1.807) is 13.2 Å². The Morgan fingerprint density at radius 3 is 2.57 bits per heavy atom. The number of hydrogen-bond donors (Lipinski definition) is 1. The number of nitrogens with zero attached hydrogens (tertiary/aromatic N) is 4. The van der Waals surface area contributed by atoms with Gasteiger partial charge in [-0.25, -0.2) is 4.98 Å². The van der Waals surface area contributed by atoms with E-state index in [0.29, 0.717) is 6.61 Å². The molecule has 0 radical (unpaired) electrons. The summed E-state index contributed by atoms with van der Waals surface area (Å²) in [5, 5.41) is 3.43. The molecule has 0 atom stereocenters. The molecule has 0 unspecified atom stereocenters.